The number of nitrogens with one attached hydrogen (secondary N) is 3. The Morgan fingerprint density at radius 2 is 2.05 bits per heavy atom. The summed E-state index contributed by atoms with van der Waals surface area (Å²) in [6, 6.07) is 5.93. The molecule has 1 amide bonds. The molecule has 1 saturated heterocycles. The lowest BCUT2D eigenvalue weighted by Gasteiger charge is -2.22. The summed E-state index contributed by atoms with van der Waals surface area (Å²) in [6.45, 7) is 2.45. The van der Waals surface area contributed by atoms with E-state index < -0.39 is 10.0 Å². The van der Waals surface area contributed by atoms with Crippen LogP contribution in [0, 0.1) is 5.92 Å². The highest BCUT2D eigenvalue weighted by Crippen LogP contribution is 2.14. The predicted molar refractivity (Wildman–Crippen MR) is 85.2 cm³/mol. The number of hydrogen-bond donors (Lipinski definition) is 3. The Morgan fingerprint density at radius 3 is 2.64 bits per heavy atom. The van der Waals surface area contributed by atoms with Crippen LogP contribution in [0.25, 0.3) is 0 Å². The van der Waals surface area contributed by atoms with Crippen LogP contribution in [-0.4, -0.2) is 41.0 Å². The molecule has 22 heavy (non-hydrogen) atoms. The van der Waals surface area contributed by atoms with E-state index in [1.165, 1.54) is 31.3 Å². The Morgan fingerprint density at radius 1 is 1.32 bits per heavy atom. The number of sulfonamides is 1. The largest absolute Gasteiger partial charge is 0.355 e. The monoisotopic (exact) mass is 325 g/mol. The Labute approximate surface area is 131 Å². The molecule has 1 aliphatic heterocycles. The van der Waals surface area contributed by atoms with Crippen molar-refractivity contribution in [1.29, 1.82) is 0 Å². The van der Waals surface area contributed by atoms with Gasteiger partial charge < -0.3 is 10.6 Å². The highest BCUT2D eigenvalue weighted by atomic mass is 32.2. The van der Waals surface area contributed by atoms with Gasteiger partial charge in [-0.3, -0.25) is 4.79 Å². The first-order chi connectivity index (χ1) is 10.5. The Hall–Kier alpha value is -1.44. The molecule has 0 bridgehead atoms. The van der Waals surface area contributed by atoms with Gasteiger partial charge in [-0.15, -0.1) is 0 Å². The average molecular weight is 325 g/mol. The van der Waals surface area contributed by atoms with Crippen LogP contribution >= 0.6 is 0 Å². The first-order valence-electron chi connectivity index (χ1n) is 7.55. The van der Waals surface area contributed by atoms with Gasteiger partial charge >= 0.3 is 0 Å². The molecular weight excluding hydrogens is 302 g/mol. The van der Waals surface area contributed by atoms with Crippen molar-refractivity contribution in [3.8, 4) is 0 Å². The van der Waals surface area contributed by atoms with E-state index in [0.29, 0.717) is 18.0 Å². The van der Waals surface area contributed by atoms with E-state index in [2.05, 4.69) is 15.4 Å². The van der Waals surface area contributed by atoms with Crippen LogP contribution in [0.4, 0.5) is 0 Å². The lowest BCUT2D eigenvalue weighted by molar-refractivity contribution is 0.0963. The summed E-state index contributed by atoms with van der Waals surface area (Å²) in [5.41, 5.74) is 0.440. The van der Waals surface area contributed by atoms with Gasteiger partial charge in [0.2, 0.25) is 10.0 Å². The van der Waals surface area contributed by atoms with Gasteiger partial charge in [0.1, 0.15) is 0 Å². The third kappa shape index (κ3) is 4.53. The van der Waals surface area contributed by atoms with Crippen LogP contribution in [-0.2, 0) is 10.0 Å². The summed E-state index contributed by atoms with van der Waals surface area (Å²) >= 11 is 0. The molecule has 1 atom stereocenters. The Balaban J connectivity index is 1.90. The fourth-order valence-electron chi connectivity index (χ4n) is 2.58. The predicted octanol–water partition coefficient (Wildman–Crippen LogP) is 0.714. The Bertz CT molecular complexity index is 593. The molecule has 6 nitrogen and oxygen atoms in total. The normalized spacial score (nSPS) is 18.9. The van der Waals surface area contributed by atoms with Gasteiger partial charge in [-0.2, -0.15) is 0 Å². The second kappa shape index (κ2) is 7.71. The zero-order valence-electron chi connectivity index (χ0n) is 12.8. The summed E-state index contributed by atoms with van der Waals surface area (Å²) in [4.78, 5) is 11.6. The molecule has 7 heteroatoms. The number of carbonyl (C=O) groups is 1. The molecule has 1 unspecified atom stereocenters. The molecule has 0 aromatic heterocycles. The molecule has 1 aliphatic rings. The van der Waals surface area contributed by atoms with E-state index >= 15 is 0 Å². The van der Waals surface area contributed by atoms with Crippen molar-refractivity contribution < 1.29 is 13.2 Å². The van der Waals surface area contributed by atoms with Gasteiger partial charge in [0.25, 0.3) is 5.91 Å². The summed E-state index contributed by atoms with van der Waals surface area (Å²) in [5, 5.41) is 5.82. The van der Waals surface area contributed by atoms with Crippen molar-refractivity contribution in [3.05, 3.63) is 29.8 Å². The molecular formula is C15H23N3O3S. The highest BCUT2D eigenvalue weighted by molar-refractivity contribution is 7.89. The van der Waals surface area contributed by atoms with Gasteiger partial charge in [0.15, 0.2) is 0 Å². The lowest BCUT2D eigenvalue weighted by atomic mass is 9.96. The minimum Gasteiger partial charge on any atom is -0.355 e. The summed E-state index contributed by atoms with van der Waals surface area (Å²) < 4.78 is 27.0. The number of hydrogen-bond acceptors (Lipinski definition) is 4. The van der Waals surface area contributed by atoms with E-state index in [1.807, 2.05) is 0 Å². The van der Waals surface area contributed by atoms with E-state index in [9.17, 15) is 13.2 Å². The SMILES string of the molecule is CNC(=O)c1ccc(S(=O)(=O)NCCC2CCCNC2)cc1. The molecule has 122 valence electrons. The standard InChI is InChI=1S/C15H23N3O3S/c1-16-15(19)13-4-6-14(7-5-13)22(20,21)18-10-8-12-3-2-9-17-11-12/h4-7,12,17-18H,2-3,8-11H2,1H3,(H,16,19). The molecule has 1 aromatic carbocycles. The molecule has 0 radical (unpaired) electrons. The van der Waals surface area contributed by atoms with Gasteiger partial charge in [-0.05, 0) is 62.5 Å². The lowest BCUT2D eigenvalue weighted by Crippen LogP contribution is -2.33. The maximum Gasteiger partial charge on any atom is 0.251 e. The van der Waals surface area contributed by atoms with Gasteiger partial charge in [-0.25, -0.2) is 13.1 Å². The summed E-state index contributed by atoms with van der Waals surface area (Å²) in [6.07, 6.45) is 3.14. The molecule has 1 fully saturated rings. The average Bonchev–Trinajstić information content (AvgIpc) is 2.55. The van der Waals surface area contributed by atoms with Crippen molar-refractivity contribution in [1.82, 2.24) is 15.4 Å². The van der Waals surface area contributed by atoms with Crippen molar-refractivity contribution in [2.24, 2.45) is 5.92 Å². The third-order valence-corrected chi connectivity index (χ3v) is 5.37. The minimum atomic E-state index is -3.51. The number of rotatable bonds is 6. The maximum atomic E-state index is 12.2. The van der Waals surface area contributed by atoms with Crippen LogP contribution in [0.1, 0.15) is 29.6 Å². The fourth-order valence-corrected chi connectivity index (χ4v) is 3.63. The van der Waals surface area contributed by atoms with E-state index in [0.717, 1.165) is 32.4 Å². The van der Waals surface area contributed by atoms with E-state index in [-0.39, 0.29) is 10.8 Å². The molecule has 2 rings (SSSR count). The van der Waals surface area contributed by atoms with E-state index in [1.54, 1.807) is 0 Å². The third-order valence-electron chi connectivity index (χ3n) is 3.90. The zero-order valence-corrected chi connectivity index (χ0v) is 13.6. The molecule has 3 N–H and O–H groups in total. The van der Waals surface area contributed by atoms with Crippen molar-refractivity contribution >= 4 is 15.9 Å². The van der Waals surface area contributed by atoms with Gasteiger partial charge in [-0.1, -0.05) is 0 Å². The van der Waals surface area contributed by atoms with Crippen LogP contribution in [0.3, 0.4) is 0 Å². The molecule has 1 heterocycles. The van der Waals surface area contributed by atoms with Crippen LogP contribution < -0.4 is 15.4 Å². The van der Waals surface area contributed by atoms with Gasteiger partial charge in [0.05, 0.1) is 4.90 Å². The molecule has 0 aliphatic carbocycles. The Kier molecular flexibility index (Phi) is 5.93. The smallest absolute Gasteiger partial charge is 0.251 e. The quantitative estimate of drug-likeness (QED) is 0.719. The molecule has 0 spiro atoms. The second-order valence-electron chi connectivity index (χ2n) is 5.50. The van der Waals surface area contributed by atoms with Crippen LogP contribution in [0.15, 0.2) is 29.2 Å². The summed E-state index contributed by atoms with van der Waals surface area (Å²) in [5.74, 6) is 0.300. The number of piperidine rings is 1. The number of carbonyl (C=O) groups excluding carboxylic acids is 1. The fraction of sp³-hybridized carbons (Fsp3) is 0.533. The molecule has 0 saturated carbocycles. The maximum absolute atomic E-state index is 12.2. The van der Waals surface area contributed by atoms with Crippen LogP contribution in [0.2, 0.25) is 0 Å². The topological polar surface area (TPSA) is 87.3 Å². The molecule has 1 aromatic rings. The first kappa shape index (κ1) is 16.9. The first-order valence-corrected chi connectivity index (χ1v) is 9.04. The second-order valence-corrected chi connectivity index (χ2v) is 7.27. The minimum absolute atomic E-state index is 0.182. The van der Waals surface area contributed by atoms with Gasteiger partial charge in [0, 0.05) is 19.2 Å². The van der Waals surface area contributed by atoms with E-state index in [4.69, 9.17) is 0 Å². The van der Waals surface area contributed by atoms with Crippen LogP contribution in [0.5, 0.6) is 0 Å². The highest BCUT2D eigenvalue weighted by Gasteiger charge is 2.17. The van der Waals surface area contributed by atoms with Crippen molar-refractivity contribution in [3.63, 3.8) is 0 Å². The van der Waals surface area contributed by atoms with Crippen molar-refractivity contribution in [2.75, 3.05) is 26.7 Å². The zero-order chi connectivity index (χ0) is 16.0. The van der Waals surface area contributed by atoms with Crippen molar-refractivity contribution in [2.45, 2.75) is 24.2 Å². The summed E-state index contributed by atoms with van der Waals surface area (Å²) in [7, 11) is -1.98. The number of amides is 1. The number of benzene rings is 1.